The Morgan fingerprint density at radius 2 is 2.05 bits per heavy atom. The Labute approximate surface area is 118 Å². The highest BCUT2D eigenvalue weighted by Gasteiger charge is 2.14. The molecule has 5 heteroatoms. The molecule has 1 saturated heterocycles. The van der Waals surface area contributed by atoms with Crippen molar-refractivity contribution in [1.29, 1.82) is 0 Å². The van der Waals surface area contributed by atoms with E-state index < -0.39 is 0 Å². The fraction of sp³-hybridized carbons (Fsp3) is 0.500. The van der Waals surface area contributed by atoms with Gasteiger partial charge in [0.25, 0.3) is 5.91 Å². The maximum Gasteiger partial charge on any atom is 0.254 e. The average molecular weight is 282 g/mol. The predicted octanol–water partition coefficient (Wildman–Crippen LogP) is 2.14. The van der Waals surface area contributed by atoms with E-state index in [1.807, 2.05) is 0 Å². The van der Waals surface area contributed by atoms with Crippen LogP contribution in [-0.2, 0) is 0 Å². The molecule has 19 heavy (non-hydrogen) atoms. The number of halogens is 1. The maximum atomic E-state index is 12.0. The summed E-state index contributed by atoms with van der Waals surface area (Å²) in [6.45, 7) is 3.77. The van der Waals surface area contributed by atoms with Crippen LogP contribution in [0.2, 0.25) is 5.02 Å². The van der Waals surface area contributed by atoms with Gasteiger partial charge in [0.1, 0.15) is 0 Å². The molecule has 1 aliphatic heterocycles. The molecule has 0 aliphatic carbocycles. The van der Waals surface area contributed by atoms with E-state index in [1.165, 1.54) is 19.3 Å². The summed E-state index contributed by atoms with van der Waals surface area (Å²) in [5.41, 5.74) is 6.58. The van der Waals surface area contributed by atoms with E-state index in [0.29, 0.717) is 22.8 Å². The summed E-state index contributed by atoms with van der Waals surface area (Å²) in [4.78, 5) is 14.4. The molecule has 1 aromatic carbocycles. The molecule has 1 fully saturated rings. The van der Waals surface area contributed by atoms with Crippen molar-refractivity contribution in [1.82, 2.24) is 10.2 Å². The van der Waals surface area contributed by atoms with E-state index in [1.54, 1.807) is 18.2 Å². The number of amides is 1. The fourth-order valence-corrected chi connectivity index (χ4v) is 2.65. The number of nitrogens with zero attached hydrogens (tertiary/aromatic N) is 1. The van der Waals surface area contributed by atoms with Gasteiger partial charge < -0.3 is 16.0 Å². The van der Waals surface area contributed by atoms with E-state index in [-0.39, 0.29) is 5.91 Å². The number of hydrogen-bond donors (Lipinski definition) is 2. The molecule has 1 aromatic rings. The third-order valence-electron chi connectivity index (χ3n) is 3.44. The van der Waals surface area contributed by atoms with Crippen molar-refractivity contribution in [3.05, 3.63) is 28.8 Å². The molecule has 0 aromatic heterocycles. The number of hydrogen-bond acceptors (Lipinski definition) is 3. The standard InChI is InChI=1S/C14H20ClN3O/c15-11-5-4-6-12(16)13(11)14(19)17-7-10-18-8-2-1-3-9-18/h4-6H,1-3,7-10,16H2,(H,17,19). The number of benzene rings is 1. The van der Waals surface area contributed by atoms with Crippen LogP contribution in [0.15, 0.2) is 18.2 Å². The molecule has 1 heterocycles. The number of likely N-dealkylation sites (tertiary alicyclic amines) is 1. The summed E-state index contributed by atoms with van der Waals surface area (Å²) in [6, 6.07) is 5.10. The lowest BCUT2D eigenvalue weighted by molar-refractivity contribution is 0.0947. The summed E-state index contributed by atoms with van der Waals surface area (Å²) in [6.07, 6.45) is 3.83. The lowest BCUT2D eigenvalue weighted by Gasteiger charge is -2.26. The summed E-state index contributed by atoms with van der Waals surface area (Å²) in [7, 11) is 0. The molecule has 104 valence electrons. The minimum atomic E-state index is -0.194. The highest BCUT2D eigenvalue weighted by atomic mass is 35.5. The van der Waals surface area contributed by atoms with E-state index in [4.69, 9.17) is 17.3 Å². The van der Waals surface area contributed by atoms with Crippen molar-refractivity contribution < 1.29 is 4.79 Å². The molecule has 0 unspecified atom stereocenters. The van der Waals surface area contributed by atoms with Gasteiger partial charge in [0.2, 0.25) is 0 Å². The van der Waals surface area contributed by atoms with Gasteiger partial charge in [0.15, 0.2) is 0 Å². The van der Waals surface area contributed by atoms with Crippen LogP contribution >= 0.6 is 11.6 Å². The van der Waals surface area contributed by atoms with Crippen LogP contribution in [0.4, 0.5) is 5.69 Å². The number of piperidine rings is 1. The van der Waals surface area contributed by atoms with E-state index in [0.717, 1.165) is 19.6 Å². The quantitative estimate of drug-likeness (QED) is 0.832. The van der Waals surface area contributed by atoms with Gasteiger partial charge in [-0.15, -0.1) is 0 Å². The first-order valence-electron chi connectivity index (χ1n) is 6.73. The van der Waals surface area contributed by atoms with Gasteiger partial charge >= 0.3 is 0 Å². The average Bonchev–Trinajstić information content (AvgIpc) is 2.40. The maximum absolute atomic E-state index is 12.0. The highest BCUT2D eigenvalue weighted by Crippen LogP contribution is 2.21. The third-order valence-corrected chi connectivity index (χ3v) is 3.75. The molecule has 1 aliphatic rings. The molecule has 0 saturated carbocycles. The van der Waals surface area contributed by atoms with E-state index in [2.05, 4.69) is 10.2 Å². The van der Waals surface area contributed by atoms with Crippen LogP contribution < -0.4 is 11.1 Å². The van der Waals surface area contributed by atoms with E-state index >= 15 is 0 Å². The summed E-state index contributed by atoms with van der Waals surface area (Å²) in [5, 5.41) is 3.28. The topological polar surface area (TPSA) is 58.4 Å². The Morgan fingerprint density at radius 1 is 1.32 bits per heavy atom. The Balaban J connectivity index is 1.84. The Hall–Kier alpha value is -1.26. The van der Waals surface area contributed by atoms with Crippen LogP contribution in [-0.4, -0.2) is 37.0 Å². The summed E-state index contributed by atoms with van der Waals surface area (Å²) < 4.78 is 0. The van der Waals surface area contributed by atoms with Gasteiger partial charge in [-0.25, -0.2) is 0 Å². The molecule has 0 radical (unpaired) electrons. The molecule has 3 N–H and O–H groups in total. The minimum Gasteiger partial charge on any atom is -0.398 e. The van der Waals surface area contributed by atoms with Crippen molar-refractivity contribution in [2.45, 2.75) is 19.3 Å². The van der Waals surface area contributed by atoms with Crippen LogP contribution in [0.25, 0.3) is 0 Å². The van der Waals surface area contributed by atoms with Crippen LogP contribution in [0, 0.1) is 0 Å². The first-order chi connectivity index (χ1) is 9.18. The Morgan fingerprint density at radius 3 is 2.74 bits per heavy atom. The number of carbonyl (C=O) groups excluding carboxylic acids is 1. The van der Waals surface area contributed by atoms with Gasteiger partial charge in [-0.3, -0.25) is 4.79 Å². The second kappa shape index (κ2) is 6.78. The number of carbonyl (C=O) groups is 1. The number of nitrogens with one attached hydrogen (secondary N) is 1. The normalized spacial score (nSPS) is 16.3. The monoisotopic (exact) mass is 281 g/mol. The van der Waals surface area contributed by atoms with Gasteiger partial charge in [0.05, 0.1) is 10.6 Å². The largest absolute Gasteiger partial charge is 0.398 e. The second-order valence-electron chi connectivity index (χ2n) is 4.86. The lowest BCUT2D eigenvalue weighted by atomic mass is 10.1. The van der Waals surface area contributed by atoms with Gasteiger partial charge in [-0.05, 0) is 38.1 Å². The second-order valence-corrected chi connectivity index (χ2v) is 5.27. The SMILES string of the molecule is Nc1cccc(Cl)c1C(=O)NCCN1CCCCC1. The van der Waals surface area contributed by atoms with Gasteiger partial charge in [0, 0.05) is 18.8 Å². The van der Waals surface area contributed by atoms with Crippen molar-refractivity contribution in [2.75, 3.05) is 31.9 Å². The first kappa shape index (κ1) is 14.2. The molecular formula is C14H20ClN3O. The Bertz CT molecular complexity index is 424. The van der Waals surface area contributed by atoms with Crippen molar-refractivity contribution in [3.8, 4) is 0 Å². The van der Waals surface area contributed by atoms with Crippen LogP contribution in [0.5, 0.6) is 0 Å². The van der Waals surface area contributed by atoms with Gasteiger partial charge in [-0.1, -0.05) is 24.1 Å². The van der Waals surface area contributed by atoms with Crippen molar-refractivity contribution in [2.24, 2.45) is 0 Å². The van der Waals surface area contributed by atoms with Crippen molar-refractivity contribution in [3.63, 3.8) is 0 Å². The lowest BCUT2D eigenvalue weighted by Crippen LogP contribution is -2.37. The van der Waals surface area contributed by atoms with Crippen LogP contribution in [0.3, 0.4) is 0 Å². The first-order valence-corrected chi connectivity index (χ1v) is 7.11. The molecule has 0 bridgehead atoms. The number of anilines is 1. The molecule has 1 amide bonds. The molecule has 4 nitrogen and oxygen atoms in total. The third kappa shape index (κ3) is 3.85. The molecular weight excluding hydrogens is 262 g/mol. The Kier molecular flexibility index (Phi) is 5.05. The molecule has 0 atom stereocenters. The molecule has 2 rings (SSSR count). The summed E-state index contributed by atoms with van der Waals surface area (Å²) in [5.74, 6) is -0.194. The number of nitrogens with two attached hydrogens (primary N) is 1. The predicted molar refractivity (Wildman–Crippen MR) is 78.5 cm³/mol. The van der Waals surface area contributed by atoms with Gasteiger partial charge in [-0.2, -0.15) is 0 Å². The molecule has 0 spiro atoms. The van der Waals surface area contributed by atoms with Crippen LogP contribution in [0.1, 0.15) is 29.6 Å². The smallest absolute Gasteiger partial charge is 0.254 e. The van der Waals surface area contributed by atoms with E-state index in [9.17, 15) is 4.79 Å². The van der Waals surface area contributed by atoms with Crippen molar-refractivity contribution >= 4 is 23.2 Å². The highest BCUT2D eigenvalue weighted by molar-refractivity contribution is 6.34. The zero-order chi connectivity index (χ0) is 13.7. The minimum absolute atomic E-state index is 0.194. The number of rotatable bonds is 4. The zero-order valence-corrected chi connectivity index (χ0v) is 11.7. The zero-order valence-electron chi connectivity index (χ0n) is 11.0. The summed E-state index contributed by atoms with van der Waals surface area (Å²) >= 11 is 6.00. The fourth-order valence-electron chi connectivity index (χ4n) is 2.38. The number of nitrogen functional groups attached to an aromatic ring is 1.